The molecule has 11 nitrogen and oxygen atoms in total. The van der Waals surface area contributed by atoms with Gasteiger partial charge in [-0.15, -0.1) is 0 Å². The van der Waals surface area contributed by atoms with Gasteiger partial charge in [0.15, 0.2) is 0 Å². The van der Waals surface area contributed by atoms with Crippen LogP contribution in [0.2, 0.25) is 0 Å². The van der Waals surface area contributed by atoms with Crippen molar-refractivity contribution < 1.29 is 27.7 Å². The Balaban J connectivity index is 1.20. The number of nitrogens with zero attached hydrogens (tertiary/aromatic N) is 3. The fourth-order valence-corrected chi connectivity index (χ4v) is 5.20. The number of nitrogens with one attached hydrogen (secondary N) is 2. The van der Waals surface area contributed by atoms with Gasteiger partial charge >= 0.3 is 0 Å². The van der Waals surface area contributed by atoms with Crippen LogP contribution in [0.3, 0.4) is 0 Å². The molecule has 35 heavy (non-hydrogen) atoms. The van der Waals surface area contributed by atoms with Gasteiger partial charge < -0.3 is 29.5 Å². The number of anilines is 1. The number of aliphatic hydroxyl groups is 1. The summed E-state index contributed by atoms with van der Waals surface area (Å²) in [5, 5.41) is 13.7. The Kier molecular flexibility index (Phi) is 8.07. The largest absolute Gasteiger partial charge is 0.491 e. The Labute approximate surface area is 205 Å². The maximum atomic E-state index is 11.9. The zero-order valence-corrected chi connectivity index (χ0v) is 20.8. The molecule has 1 spiro atoms. The number of hydrogen-bond acceptors (Lipinski definition) is 10. The summed E-state index contributed by atoms with van der Waals surface area (Å²) in [5.74, 6) is 1.61. The maximum Gasteiger partial charge on any atom is 0.240 e. The predicted octanol–water partition coefficient (Wildman–Crippen LogP) is 0.551. The number of rotatable bonds is 10. The molecule has 192 valence electrons. The minimum absolute atomic E-state index is 0.0459. The molecule has 2 fully saturated rings. The highest BCUT2D eigenvalue weighted by Crippen LogP contribution is 2.36. The van der Waals surface area contributed by atoms with E-state index in [-0.39, 0.29) is 23.1 Å². The second-order valence-corrected chi connectivity index (χ2v) is 10.7. The predicted molar refractivity (Wildman–Crippen MR) is 129 cm³/mol. The molecule has 0 aliphatic carbocycles. The first-order valence-corrected chi connectivity index (χ1v) is 13.1. The summed E-state index contributed by atoms with van der Waals surface area (Å²) in [6.45, 7) is 2.59. The first kappa shape index (κ1) is 25.6. The summed E-state index contributed by atoms with van der Waals surface area (Å²) in [6.07, 6.45) is 3.58. The highest BCUT2D eigenvalue weighted by atomic mass is 32.2. The quantitative estimate of drug-likeness (QED) is 0.418. The fraction of sp³-hybridized carbons (Fsp3) is 0.565. The lowest BCUT2D eigenvalue weighted by Gasteiger charge is -2.38. The maximum absolute atomic E-state index is 11.9. The van der Waals surface area contributed by atoms with E-state index in [0.29, 0.717) is 30.7 Å². The van der Waals surface area contributed by atoms with Crippen molar-refractivity contribution in [3.05, 3.63) is 36.5 Å². The summed E-state index contributed by atoms with van der Waals surface area (Å²) in [6, 6.07) is 8.06. The van der Waals surface area contributed by atoms with Crippen LogP contribution in [0.1, 0.15) is 19.3 Å². The molecule has 0 radical (unpaired) electrons. The third-order valence-corrected chi connectivity index (χ3v) is 7.87. The van der Waals surface area contributed by atoms with E-state index in [1.807, 2.05) is 0 Å². The number of sulfonamides is 1. The van der Waals surface area contributed by atoms with Crippen LogP contribution in [0, 0.1) is 0 Å². The van der Waals surface area contributed by atoms with E-state index < -0.39 is 16.1 Å². The van der Waals surface area contributed by atoms with Crippen molar-refractivity contribution in [1.82, 2.24) is 20.0 Å². The highest BCUT2D eigenvalue weighted by Gasteiger charge is 2.43. The molecule has 1 aromatic heterocycles. The molecule has 3 heterocycles. The molecule has 4 rings (SSSR count). The second-order valence-electron chi connectivity index (χ2n) is 8.84. The Morgan fingerprint density at radius 2 is 2.11 bits per heavy atom. The molecule has 2 atom stereocenters. The standard InChI is InChI=1S/C23H33N5O6S/c1-24-35(30,31)20-5-3-4-19(12-20)33-16-18(29)14-26-17-13-23(34-15-17)7-10-28(11-8-23)22-25-9-6-21(27-22)32-2/h3-6,9,12,17-18,24,26,29H,7-8,10-11,13-16H2,1-2H3/t17?,18-/m0/s1. The number of piperidine rings is 1. The van der Waals surface area contributed by atoms with Crippen molar-refractivity contribution in [2.45, 2.75) is 41.9 Å². The topological polar surface area (TPSA) is 135 Å². The van der Waals surface area contributed by atoms with Crippen molar-refractivity contribution in [2.24, 2.45) is 0 Å². The molecule has 3 N–H and O–H groups in total. The second kappa shape index (κ2) is 11.0. The number of hydrogen-bond donors (Lipinski definition) is 3. The Morgan fingerprint density at radius 3 is 2.86 bits per heavy atom. The third-order valence-electron chi connectivity index (χ3n) is 6.46. The van der Waals surface area contributed by atoms with Gasteiger partial charge in [-0.1, -0.05) is 6.07 Å². The summed E-state index contributed by atoms with van der Waals surface area (Å²) in [5.41, 5.74) is -0.173. The van der Waals surface area contributed by atoms with Gasteiger partial charge in [0.1, 0.15) is 18.5 Å². The molecule has 0 saturated carbocycles. The van der Waals surface area contributed by atoms with E-state index in [2.05, 4.69) is 24.9 Å². The number of aromatic nitrogens is 2. The van der Waals surface area contributed by atoms with Gasteiger partial charge in [-0.3, -0.25) is 0 Å². The van der Waals surface area contributed by atoms with Crippen LogP contribution in [-0.4, -0.2) is 88.2 Å². The van der Waals surface area contributed by atoms with E-state index in [0.717, 1.165) is 32.4 Å². The van der Waals surface area contributed by atoms with Crippen LogP contribution in [0.4, 0.5) is 5.95 Å². The number of benzene rings is 1. The molecular weight excluding hydrogens is 474 g/mol. The van der Waals surface area contributed by atoms with Crippen LogP contribution >= 0.6 is 0 Å². The first-order chi connectivity index (χ1) is 16.8. The van der Waals surface area contributed by atoms with E-state index >= 15 is 0 Å². The van der Waals surface area contributed by atoms with E-state index in [9.17, 15) is 13.5 Å². The molecule has 12 heteroatoms. The number of methoxy groups -OCH3 is 1. The van der Waals surface area contributed by atoms with E-state index in [1.165, 1.54) is 19.2 Å². The average molecular weight is 508 g/mol. The number of aliphatic hydroxyl groups excluding tert-OH is 1. The van der Waals surface area contributed by atoms with Crippen LogP contribution in [-0.2, 0) is 14.8 Å². The number of ether oxygens (including phenoxy) is 3. The monoisotopic (exact) mass is 507 g/mol. The zero-order valence-electron chi connectivity index (χ0n) is 20.0. The lowest BCUT2D eigenvalue weighted by molar-refractivity contribution is -0.0152. The molecule has 2 aliphatic heterocycles. The van der Waals surface area contributed by atoms with Gasteiger partial charge in [-0.25, -0.2) is 18.1 Å². The normalized spacial score (nSPS) is 20.7. The molecular formula is C23H33N5O6S. The third kappa shape index (κ3) is 6.39. The molecule has 2 aliphatic rings. The van der Waals surface area contributed by atoms with Crippen LogP contribution in [0.5, 0.6) is 11.6 Å². The molecule has 2 saturated heterocycles. The van der Waals surface area contributed by atoms with Crippen LogP contribution in [0.25, 0.3) is 0 Å². The Bertz CT molecular complexity index is 1090. The first-order valence-electron chi connectivity index (χ1n) is 11.7. The Morgan fingerprint density at radius 1 is 1.31 bits per heavy atom. The van der Waals surface area contributed by atoms with Gasteiger partial charge in [0.2, 0.25) is 21.9 Å². The molecule has 1 aromatic carbocycles. The van der Waals surface area contributed by atoms with E-state index in [1.54, 1.807) is 31.5 Å². The van der Waals surface area contributed by atoms with Gasteiger partial charge in [0.05, 0.1) is 24.2 Å². The minimum Gasteiger partial charge on any atom is -0.491 e. The lowest BCUT2D eigenvalue weighted by Crippen LogP contribution is -2.45. The molecule has 2 aromatic rings. The van der Waals surface area contributed by atoms with Gasteiger partial charge in [-0.05, 0) is 38.4 Å². The zero-order chi connectivity index (χ0) is 24.9. The molecule has 0 bridgehead atoms. The van der Waals surface area contributed by atoms with E-state index in [4.69, 9.17) is 14.2 Å². The highest BCUT2D eigenvalue weighted by molar-refractivity contribution is 7.89. The molecule has 1 unspecified atom stereocenters. The SMILES string of the molecule is CNS(=O)(=O)c1cccc(OC[C@@H](O)CNC2COC3(CCN(c4nccc(OC)n4)CC3)C2)c1. The van der Waals surface area contributed by atoms with Gasteiger partial charge in [0, 0.05) is 44.0 Å². The van der Waals surface area contributed by atoms with Crippen molar-refractivity contribution in [3.63, 3.8) is 0 Å². The van der Waals surface area contributed by atoms with Gasteiger partial charge in [0.25, 0.3) is 0 Å². The van der Waals surface area contributed by atoms with Crippen molar-refractivity contribution >= 4 is 16.0 Å². The molecule has 0 amide bonds. The van der Waals surface area contributed by atoms with Crippen molar-refractivity contribution in [2.75, 3.05) is 51.9 Å². The fourth-order valence-electron chi connectivity index (χ4n) is 4.44. The summed E-state index contributed by atoms with van der Waals surface area (Å²) in [7, 11) is -0.604. The van der Waals surface area contributed by atoms with Crippen molar-refractivity contribution in [3.8, 4) is 11.6 Å². The average Bonchev–Trinajstić information content (AvgIpc) is 3.29. The van der Waals surface area contributed by atoms with Crippen LogP contribution in [0.15, 0.2) is 41.4 Å². The Hall–Kier alpha value is -2.51. The summed E-state index contributed by atoms with van der Waals surface area (Å²) in [4.78, 5) is 11.0. The van der Waals surface area contributed by atoms with Crippen LogP contribution < -0.4 is 24.4 Å². The smallest absolute Gasteiger partial charge is 0.240 e. The van der Waals surface area contributed by atoms with Gasteiger partial charge in [-0.2, -0.15) is 4.98 Å². The van der Waals surface area contributed by atoms with Crippen molar-refractivity contribution in [1.29, 1.82) is 0 Å². The minimum atomic E-state index is -3.55. The summed E-state index contributed by atoms with van der Waals surface area (Å²) < 4.78 is 43.2. The lowest BCUT2D eigenvalue weighted by atomic mass is 9.87. The summed E-state index contributed by atoms with van der Waals surface area (Å²) >= 11 is 0.